The number of carbonyl (C=O) groups is 2. The Morgan fingerprint density at radius 1 is 0.610 bits per heavy atom. The van der Waals surface area contributed by atoms with E-state index in [1.54, 1.807) is 0 Å². The number of unbranched alkanes of at least 4 members (excludes halogenated alkanes) is 16. The van der Waals surface area contributed by atoms with Crippen LogP contribution in [0.15, 0.2) is 0 Å². The summed E-state index contributed by atoms with van der Waals surface area (Å²) < 4.78 is 5.14. The van der Waals surface area contributed by atoms with Gasteiger partial charge in [0, 0.05) is 25.9 Å². The predicted molar refractivity (Wildman–Crippen MR) is 178 cm³/mol. The first-order valence-corrected chi connectivity index (χ1v) is 16.3. The lowest BCUT2D eigenvalue weighted by molar-refractivity contribution is -0.144. The number of aliphatic hydroxyl groups excluding tert-OH is 1. The SMILES string of the molecule is C.CCCCCCCCCCCC(=O)Cl.CCCCCCCCCCCC(=O)OCCN(C)C.CN(C)CCO.[OH-]. The topological polar surface area (TPSA) is 100 Å². The molecular weight excluding hydrogens is 540 g/mol. The highest BCUT2D eigenvalue weighted by molar-refractivity contribution is 6.63. The molecule has 0 radical (unpaired) electrons. The molecule has 0 spiro atoms. The van der Waals surface area contributed by atoms with Crippen LogP contribution in [0.5, 0.6) is 0 Å². The van der Waals surface area contributed by atoms with Crippen molar-refractivity contribution in [2.24, 2.45) is 0 Å². The molecule has 0 bridgehead atoms. The van der Waals surface area contributed by atoms with E-state index in [9.17, 15) is 9.59 Å². The lowest BCUT2D eigenvalue weighted by atomic mass is 10.1. The molecule has 0 heterocycles. The van der Waals surface area contributed by atoms with Crippen LogP contribution in [0, 0.1) is 0 Å². The maximum Gasteiger partial charge on any atom is 0.305 e. The number of hydrogen-bond acceptors (Lipinski definition) is 7. The van der Waals surface area contributed by atoms with Crippen LogP contribution in [0.2, 0.25) is 0 Å². The molecule has 252 valence electrons. The minimum absolute atomic E-state index is 0. The maximum atomic E-state index is 11.4. The van der Waals surface area contributed by atoms with Crippen molar-refractivity contribution in [3.8, 4) is 0 Å². The molecule has 0 aromatic heterocycles. The van der Waals surface area contributed by atoms with E-state index in [1.165, 1.54) is 89.9 Å². The summed E-state index contributed by atoms with van der Waals surface area (Å²) in [5.41, 5.74) is 0. The Balaban J connectivity index is -0.000000173. The monoisotopic (exact) mass is 612 g/mol. The molecule has 0 aliphatic carbocycles. The molecule has 0 aromatic carbocycles. The van der Waals surface area contributed by atoms with E-state index in [1.807, 2.05) is 38.0 Å². The zero-order valence-electron chi connectivity index (χ0n) is 27.4. The van der Waals surface area contributed by atoms with Gasteiger partial charge in [-0.15, -0.1) is 0 Å². The normalized spacial score (nSPS) is 10.1. The van der Waals surface area contributed by atoms with Gasteiger partial charge in [-0.3, -0.25) is 9.59 Å². The van der Waals surface area contributed by atoms with Gasteiger partial charge < -0.3 is 25.1 Å². The van der Waals surface area contributed by atoms with Crippen molar-refractivity contribution in [3.63, 3.8) is 0 Å². The molecule has 0 aromatic rings. The third-order valence-electron chi connectivity index (χ3n) is 6.31. The predicted octanol–water partition coefficient (Wildman–Crippen LogP) is 8.68. The number of halogens is 1. The van der Waals surface area contributed by atoms with E-state index in [2.05, 4.69) is 13.8 Å². The van der Waals surface area contributed by atoms with Gasteiger partial charge in [0.25, 0.3) is 0 Å². The van der Waals surface area contributed by atoms with Gasteiger partial charge in [-0.05, 0) is 52.6 Å². The molecule has 41 heavy (non-hydrogen) atoms. The fraction of sp³-hybridized carbons (Fsp3) is 0.939. The first-order chi connectivity index (χ1) is 18.7. The summed E-state index contributed by atoms with van der Waals surface area (Å²) in [5.74, 6) is -0.0372. The highest BCUT2D eigenvalue weighted by Crippen LogP contribution is 2.12. The lowest BCUT2D eigenvalue weighted by Gasteiger charge is -2.09. The molecule has 0 aliphatic heterocycles. The highest BCUT2D eigenvalue weighted by atomic mass is 35.5. The van der Waals surface area contributed by atoms with Crippen LogP contribution in [-0.2, 0) is 14.3 Å². The Morgan fingerprint density at radius 3 is 1.24 bits per heavy atom. The van der Waals surface area contributed by atoms with Crippen molar-refractivity contribution in [3.05, 3.63) is 0 Å². The van der Waals surface area contributed by atoms with Crippen LogP contribution in [0.4, 0.5) is 0 Å². The molecule has 8 heteroatoms. The van der Waals surface area contributed by atoms with E-state index in [0.29, 0.717) is 19.4 Å². The molecule has 0 atom stereocenters. The first-order valence-electron chi connectivity index (χ1n) is 15.9. The van der Waals surface area contributed by atoms with E-state index < -0.39 is 0 Å². The van der Waals surface area contributed by atoms with Crippen LogP contribution < -0.4 is 0 Å². The van der Waals surface area contributed by atoms with Gasteiger partial charge in [-0.1, -0.05) is 124 Å². The molecule has 0 unspecified atom stereocenters. The van der Waals surface area contributed by atoms with Crippen LogP contribution in [-0.4, -0.2) is 86.1 Å². The molecule has 0 fully saturated rings. The molecule has 0 amide bonds. The van der Waals surface area contributed by atoms with Gasteiger partial charge in [0.05, 0.1) is 6.61 Å². The number of ether oxygens (including phenoxy) is 1. The van der Waals surface area contributed by atoms with Gasteiger partial charge in [0.1, 0.15) is 6.61 Å². The molecule has 0 aliphatic rings. The van der Waals surface area contributed by atoms with Gasteiger partial charge in [0.15, 0.2) is 0 Å². The average Bonchev–Trinajstić information content (AvgIpc) is 2.87. The molecular formula is C33H72ClN2O5-. The van der Waals surface area contributed by atoms with Crippen LogP contribution in [0.1, 0.15) is 150 Å². The number of carbonyl (C=O) groups excluding carboxylic acids is 2. The number of aliphatic hydroxyl groups is 1. The second kappa shape index (κ2) is 43.7. The fourth-order valence-electron chi connectivity index (χ4n) is 3.77. The molecule has 0 saturated carbocycles. The summed E-state index contributed by atoms with van der Waals surface area (Å²) >= 11 is 5.24. The Labute approximate surface area is 261 Å². The number of esters is 1. The Kier molecular flexibility index (Phi) is 53.2. The lowest BCUT2D eigenvalue weighted by Crippen LogP contribution is -2.20. The van der Waals surface area contributed by atoms with Gasteiger partial charge in [-0.2, -0.15) is 0 Å². The quantitative estimate of drug-likeness (QED) is 0.0626. The van der Waals surface area contributed by atoms with Crippen molar-refractivity contribution in [2.45, 2.75) is 150 Å². The van der Waals surface area contributed by atoms with Gasteiger partial charge in [0.2, 0.25) is 5.24 Å². The van der Waals surface area contributed by atoms with Crippen molar-refractivity contribution in [2.75, 3.05) is 54.5 Å². The second-order valence-electron chi connectivity index (χ2n) is 11.1. The molecule has 0 saturated heterocycles. The highest BCUT2D eigenvalue weighted by Gasteiger charge is 2.02. The molecule has 2 N–H and O–H groups in total. The number of hydrogen-bond donors (Lipinski definition) is 1. The number of nitrogens with zero attached hydrogens (tertiary/aromatic N) is 2. The largest absolute Gasteiger partial charge is 0.870 e. The summed E-state index contributed by atoms with van der Waals surface area (Å²) in [6.07, 6.45) is 24.2. The van der Waals surface area contributed by atoms with Crippen molar-refractivity contribution in [1.29, 1.82) is 0 Å². The third-order valence-corrected chi connectivity index (χ3v) is 6.50. The minimum Gasteiger partial charge on any atom is -0.870 e. The van der Waals surface area contributed by atoms with E-state index in [0.717, 1.165) is 38.8 Å². The second-order valence-corrected chi connectivity index (χ2v) is 11.5. The minimum atomic E-state index is -0.187. The first kappa shape index (κ1) is 49.9. The standard InChI is InChI=1S/C16H33NO2.C12H23ClO.C4H11NO.CH4.H2O/c1-4-5-6-7-8-9-10-11-12-13-16(18)19-15-14-17(2)3;1-2-3-4-5-6-7-8-9-10-11-12(13)14;1-5(2)3-4-6;;/h4-15H2,1-3H3;2-11H2,1H3;6H,3-4H2,1-2H3;1H4;1H2/p-1. The van der Waals surface area contributed by atoms with Crippen LogP contribution >= 0.6 is 11.6 Å². The fourth-order valence-corrected chi connectivity index (χ4v) is 3.90. The Hall–Kier alpha value is -0.730. The zero-order chi connectivity index (χ0) is 30.0. The van der Waals surface area contributed by atoms with E-state index in [4.69, 9.17) is 21.4 Å². The van der Waals surface area contributed by atoms with Crippen molar-refractivity contribution < 1.29 is 24.9 Å². The average molecular weight is 612 g/mol. The molecule has 0 rings (SSSR count). The van der Waals surface area contributed by atoms with Gasteiger partial charge >= 0.3 is 5.97 Å². The summed E-state index contributed by atoms with van der Waals surface area (Å²) in [4.78, 5) is 25.8. The summed E-state index contributed by atoms with van der Waals surface area (Å²) in [6, 6.07) is 0. The number of rotatable bonds is 25. The maximum absolute atomic E-state index is 11.4. The van der Waals surface area contributed by atoms with Gasteiger partial charge in [-0.25, -0.2) is 0 Å². The van der Waals surface area contributed by atoms with Crippen molar-refractivity contribution in [1.82, 2.24) is 9.80 Å². The molecule has 7 nitrogen and oxygen atoms in total. The zero-order valence-corrected chi connectivity index (χ0v) is 28.1. The number of likely N-dealkylation sites (N-methyl/N-ethyl adjacent to an activating group) is 2. The van der Waals surface area contributed by atoms with E-state index in [-0.39, 0.29) is 30.7 Å². The Morgan fingerprint density at radius 2 is 0.951 bits per heavy atom. The van der Waals surface area contributed by atoms with E-state index >= 15 is 0 Å². The Bertz CT molecular complexity index is 494. The van der Waals surface area contributed by atoms with Crippen LogP contribution in [0.3, 0.4) is 0 Å². The van der Waals surface area contributed by atoms with Crippen LogP contribution in [0.25, 0.3) is 0 Å². The smallest absolute Gasteiger partial charge is 0.305 e. The summed E-state index contributed by atoms with van der Waals surface area (Å²) in [6.45, 7) is 6.83. The summed E-state index contributed by atoms with van der Waals surface area (Å²) in [7, 11) is 7.81. The summed E-state index contributed by atoms with van der Waals surface area (Å²) in [5, 5.41) is 8.01. The third kappa shape index (κ3) is 59.5. The van der Waals surface area contributed by atoms with Crippen molar-refractivity contribution >= 4 is 22.8 Å².